The van der Waals surface area contributed by atoms with Crippen molar-refractivity contribution in [2.24, 2.45) is 11.8 Å². The maximum atomic E-state index is 12.7. The van der Waals surface area contributed by atoms with Crippen molar-refractivity contribution in [2.75, 3.05) is 13.1 Å². The van der Waals surface area contributed by atoms with Crippen LogP contribution >= 0.6 is 0 Å². The molecule has 1 saturated heterocycles. The minimum Gasteiger partial charge on any atom is -0.355 e. The predicted molar refractivity (Wildman–Crippen MR) is 85.7 cm³/mol. The lowest BCUT2D eigenvalue weighted by molar-refractivity contribution is 0.0512. The van der Waals surface area contributed by atoms with Gasteiger partial charge in [0.1, 0.15) is 0 Å². The highest BCUT2D eigenvalue weighted by Crippen LogP contribution is 2.36. The fourth-order valence-corrected chi connectivity index (χ4v) is 3.97. The average molecular weight is 311 g/mol. The van der Waals surface area contributed by atoms with Crippen molar-refractivity contribution >= 4 is 5.91 Å². The van der Waals surface area contributed by atoms with Gasteiger partial charge in [0.2, 0.25) is 0 Å². The summed E-state index contributed by atoms with van der Waals surface area (Å²) in [6, 6.07) is 5.47. The number of carbonyl (C=O) groups is 1. The lowest BCUT2D eigenvalue weighted by atomic mass is 9.75. The normalized spacial score (nSPS) is 24.3. The molecule has 2 fully saturated rings. The topological polar surface area (TPSA) is 59.2 Å². The number of likely N-dealkylation sites (tertiary alicyclic amines) is 1. The zero-order valence-electron chi connectivity index (χ0n) is 13.1. The monoisotopic (exact) mass is 311 g/mol. The summed E-state index contributed by atoms with van der Waals surface area (Å²) < 4.78 is 5.33. The maximum absolute atomic E-state index is 12.7. The molecule has 0 unspecified atom stereocenters. The van der Waals surface area contributed by atoms with Crippen molar-refractivity contribution in [3.8, 4) is 11.3 Å². The summed E-state index contributed by atoms with van der Waals surface area (Å²) in [7, 11) is 0. The Bertz CT molecular complexity index is 683. The Morgan fingerprint density at radius 3 is 2.91 bits per heavy atom. The highest BCUT2D eigenvalue weighted by atomic mass is 16.5. The number of aromatic nitrogens is 2. The van der Waals surface area contributed by atoms with Gasteiger partial charge in [-0.3, -0.25) is 9.78 Å². The van der Waals surface area contributed by atoms with Gasteiger partial charge >= 0.3 is 0 Å². The number of pyridine rings is 1. The van der Waals surface area contributed by atoms with E-state index in [1.165, 1.54) is 25.7 Å². The molecular formula is C18H21N3O2. The molecule has 0 bridgehead atoms. The first-order valence-corrected chi connectivity index (χ1v) is 8.47. The molecule has 0 spiro atoms. The number of rotatable bonds is 2. The molecule has 1 amide bonds. The van der Waals surface area contributed by atoms with Crippen LogP contribution in [0.5, 0.6) is 0 Å². The van der Waals surface area contributed by atoms with E-state index in [1.54, 1.807) is 18.5 Å². The van der Waals surface area contributed by atoms with Crippen LogP contribution in [0.2, 0.25) is 0 Å². The second-order valence-corrected chi connectivity index (χ2v) is 6.66. The van der Waals surface area contributed by atoms with E-state index in [0.29, 0.717) is 17.4 Å². The van der Waals surface area contributed by atoms with Crippen molar-refractivity contribution in [2.45, 2.75) is 32.1 Å². The quantitative estimate of drug-likeness (QED) is 0.853. The van der Waals surface area contributed by atoms with Gasteiger partial charge in [0.25, 0.3) is 5.91 Å². The van der Waals surface area contributed by atoms with Gasteiger partial charge in [-0.05, 0) is 36.8 Å². The molecule has 5 nitrogen and oxygen atoms in total. The number of piperidine rings is 1. The number of fused-ring (bicyclic) bond motifs is 1. The number of carbonyl (C=O) groups excluding carboxylic acids is 1. The van der Waals surface area contributed by atoms with Crippen molar-refractivity contribution < 1.29 is 9.32 Å². The molecule has 0 N–H and O–H groups in total. The lowest BCUT2D eigenvalue weighted by Gasteiger charge is -2.41. The molecule has 2 aromatic heterocycles. The van der Waals surface area contributed by atoms with E-state index in [9.17, 15) is 4.79 Å². The highest BCUT2D eigenvalue weighted by Gasteiger charge is 2.34. The van der Waals surface area contributed by atoms with Gasteiger partial charge < -0.3 is 9.42 Å². The fraction of sp³-hybridized carbons (Fsp3) is 0.500. The van der Waals surface area contributed by atoms with Crippen LogP contribution < -0.4 is 0 Å². The summed E-state index contributed by atoms with van der Waals surface area (Å²) in [5, 5.41) is 3.98. The Morgan fingerprint density at radius 1 is 1.22 bits per heavy atom. The summed E-state index contributed by atoms with van der Waals surface area (Å²) >= 11 is 0. The van der Waals surface area contributed by atoms with E-state index in [1.807, 2.05) is 17.0 Å². The number of amides is 1. The maximum Gasteiger partial charge on any atom is 0.276 e. The van der Waals surface area contributed by atoms with E-state index in [4.69, 9.17) is 4.52 Å². The van der Waals surface area contributed by atoms with Gasteiger partial charge in [0.05, 0.1) is 0 Å². The smallest absolute Gasteiger partial charge is 0.276 e. The lowest BCUT2D eigenvalue weighted by Crippen LogP contribution is -2.44. The third kappa shape index (κ3) is 2.87. The Labute approximate surface area is 135 Å². The Morgan fingerprint density at radius 2 is 2.09 bits per heavy atom. The third-order valence-corrected chi connectivity index (χ3v) is 5.25. The fourth-order valence-electron chi connectivity index (χ4n) is 3.97. The first kappa shape index (κ1) is 14.4. The molecule has 1 aliphatic heterocycles. The number of hydrogen-bond acceptors (Lipinski definition) is 4. The zero-order chi connectivity index (χ0) is 15.6. The zero-order valence-corrected chi connectivity index (χ0v) is 13.1. The predicted octanol–water partition coefficient (Wildman–Crippen LogP) is 3.39. The van der Waals surface area contributed by atoms with Gasteiger partial charge in [0, 0.05) is 37.1 Å². The van der Waals surface area contributed by atoms with Gasteiger partial charge in [-0.15, -0.1) is 0 Å². The van der Waals surface area contributed by atoms with Gasteiger partial charge in [0.15, 0.2) is 11.5 Å². The summed E-state index contributed by atoms with van der Waals surface area (Å²) in [6.07, 6.45) is 9.80. The molecule has 0 radical (unpaired) electrons. The SMILES string of the molecule is O=C(c1cc(-c2cccnc2)on1)N1CC[C@H]2CCCC[C@@H]2C1. The molecule has 1 aliphatic carbocycles. The number of hydrogen-bond donors (Lipinski definition) is 0. The van der Waals surface area contributed by atoms with Crippen LogP contribution in [0, 0.1) is 11.8 Å². The molecule has 0 aromatic carbocycles. The van der Waals surface area contributed by atoms with Crippen LogP contribution in [0.1, 0.15) is 42.6 Å². The van der Waals surface area contributed by atoms with E-state index in [2.05, 4.69) is 10.1 Å². The molecule has 3 heterocycles. The van der Waals surface area contributed by atoms with Crippen LogP contribution in [0.15, 0.2) is 35.1 Å². The molecule has 2 atom stereocenters. The van der Waals surface area contributed by atoms with Crippen LogP contribution in [-0.2, 0) is 0 Å². The Balaban J connectivity index is 1.48. The van der Waals surface area contributed by atoms with Crippen molar-refractivity contribution in [1.82, 2.24) is 15.0 Å². The van der Waals surface area contributed by atoms with Crippen molar-refractivity contribution in [1.29, 1.82) is 0 Å². The summed E-state index contributed by atoms with van der Waals surface area (Å²) in [5.41, 5.74) is 1.24. The highest BCUT2D eigenvalue weighted by molar-refractivity contribution is 5.93. The average Bonchev–Trinajstić information content (AvgIpc) is 3.11. The van der Waals surface area contributed by atoms with Crippen molar-refractivity contribution in [3.63, 3.8) is 0 Å². The van der Waals surface area contributed by atoms with Crippen LogP contribution in [0.4, 0.5) is 0 Å². The second kappa shape index (κ2) is 6.14. The third-order valence-electron chi connectivity index (χ3n) is 5.25. The minimum absolute atomic E-state index is 0.00656. The van der Waals surface area contributed by atoms with Gasteiger partial charge in [-0.25, -0.2) is 0 Å². The molecule has 5 heteroatoms. The molecule has 4 rings (SSSR count). The van der Waals surface area contributed by atoms with Crippen LogP contribution in [0.3, 0.4) is 0 Å². The number of nitrogens with zero attached hydrogens (tertiary/aromatic N) is 3. The Kier molecular flexibility index (Phi) is 3.85. The molecule has 2 aliphatic rings. The van der Waals surface area contributed by atoms with E-state index >= 15 is 0 Å². The summed E-state index contributed by atoms with van der Waals surface area (Å²) in [4.78, 5) is 18.7. The standard InChI is InChI=1S/C18H21N3O2/c22-18(21-9-7-13-4-1-2-5-15(13)12-21)16-10-17(23-20-16)14-6-3-8-19-11-14/h3,6,8,10-11,13,15H,1-2,4-5,7,9,12H2/t13-,15-/m1/s1. The van der Waals surface area contributed by atoms with Crippen molar-refractivity contribution in [3.05, 3.63) is 36.3 Å². The first-order valence-electron chi connectivity index (χ1n) is 8.47. The van der Waals surface area contributed by atoms with Gasteiger partial charge in [-0.1, -0.05) is 24.4 Å². The molecule has 120 valence electrons. The van der Waals surface area contributed by atoms with Gasteiger partial charge in [-0.2, -0.15) is 0 Å². The summed E-state index contributed by atoms with van der Waals surface area (Å²) in [6.45, 7) is 1.72. The second-order valence-electron chi connectivity index (χ2n) is 6.66. The molecule has 2 aromatic rings. The van der Waals surface area contributed by atoms with E-state index in [-0.39, 0.29) is 5.91 Å². The van der Waals surface area contributed by atoms with Crippen LogP contribution in [-0.4, -0.2) is 34.0 Å². The van der Waals surface area contributed by atoms with E-state index < -0.39 is 0 Å². The van der Waals surface area contributed by atoms with Crippen LogP contribution in [0.25, 0.3) is 11.3 Å². The Hall–Kier alpha value is -2.17. The first-order chi connectivity index (χ1) is 11.3. The molecule has 1 saturated carbocycles. The molecular weight excluding hydrogens is 290 g/mol. The largest absolute Gasteiger partial charge is 0.355 e. The summed E-state index contributed by atoms with van der Waals surface area (Å²) in [5.74, 6) is 2.07. The minimum atomic E-state index is -0.00656. The molecule has 23 heavy (non-hydrogen) atoms. The van der Waals surface area contributed by atoms with E-state index in [0.717, 1.165) is 31.0 Å².